The third-order valence-corrected chi connectivity index (χ3v) is 5.38. The van der Waals surface area contributed by atoms with Gasteiger partial charge in [0.05, 0.1) is 11.3 Å². The molecule has 158 valence electrons. The van der Waals surface area contributed by atoms with E-state index < -0.39 is 0 Å². The predicted molar refractivity (Wildman–Crippen MR) is 121 cm³/mol. The molecule has 5 nitrogen and oxygen atoms in total. The number of likely N-dealkylation sites (N-methyl/N-ethyl adjacent to an activating group) is 1. The Hall–Kier alpha value is -2.63. The molecule has 0 spiro atoms. The van der Waals surface area contributed by atoms with Crippen molar-refractivity contribution < 1.29 is 9.53 Å². The smallest absolute Gasteiger partial charge is 0.262 e. The lowest BCUT2D eigenvalue weighted by Crippen LogP contribution is -2.28. The van der Waals surface area contributed by atoms with Crippen molar-refractivity contribution in [2.75, 3.05) is 26.2 Å². The number of benzene rings is 1. The SMILES string of the molecule is CCCN1C(=O)c2ccccc2OC=C1Cl.CCN1CC=C(c2ccccn2)CC1. The number of aromatic nitrogens is 1. The largest absolute Gasteiger partial charge is 0.461 e. The first-order chi connectivity index (χ1) is 14.6. The van der Waals surface area contributed by atoms with Crippen LogP contribution in [0.1, 0.15) is 42.7 Å². The molecule has 6 heteroatoms. The molecule has 0 radical (unpaired) electrons. The number of halogens is 1. The van der Waals surface area contributed by atoms with E-state index in [1.807, 2.05) is 31.3 Å². The highest BCUT2D eigenvalue weighted by Crippen LogP contribution is 2.27. The van der Waals surface area contributed by atoms with E-state index in [4.69, 9.17) is 16.3 Å². The molecule has 0 atom stereocenters. The molecule has 0 bridgehead atoms. The first-order valence-corrected chi connectivity index (χ1v) is 10.8. The summed E-state index contributed by atoms with van der Waals surface area (Å²) < 4.78 is 5.35. The number of hydrogen-bond donors (Lipinski definition) is 0. The molecule has 0 N–H and O–H groups in total. The standard InChI is InChI=1S/C12H12ClNO2.C12H16N2/c1-2-7-14-11(13)8-16-10-6-4-3-5-9(10)12(14)15;1-2-14-9-6-11(7-10-14)12-5-3-4-8-13-12/h3-6,8H,2,7H2,1H3;3-6,8H,2,7,9-10H2,1H3. The van der Waals surface area contributed by atoms with Gasteiger partial charge in [-0.05, 0) is 49.2 Å². The topological polar surface area (TPSA) is 45.7 Å². The van der Waals surface area contributed by atoms with Gasteiger partial charge in [0.1, 0.15) is 17.2 Å². The van der Waals surface area contributed by atoms with Gasteiger partial charge in [-0.3, -0.25) is 19.6 Å². The first-order valence-electron chi connectivity index (χ1n) is 10.4. The van der Waals surface area contributed by atoms with Gasteiger partial charge in [-0.2, -0.15) is 0 Å². The highest BCUT2D eigenvalue weighted by Gasteiger charge is 2.24. The molecule has 0 saturated heterocycles. The van der Waals surface area contributed by atoms with Crippen LogP contribution in [-0.4, -0.2) is 46.9 Å². The number of fused-ring (bicyclic) bond motifs is 1. The second-order valence-corrected chi connectivity index (χ2v) is 7.49. The summed E-state index contributed by atoms with van der Waals surface area (Å²) in [6.45, 7) is 8.17. The Labute approximate surface area is 183 Å². The molecule has 0 aliphatic carbocycles. The molecular formula is C24H28ClN3O2. The van der Waals surface area contributed by atoms with Crippen LogP contribution in [0.4, 0.5) is 0 Å². The number of carbonyl (C=O) groups excluding carboxylic acids is 1. The summed E-state index contributed by atoms with van der Waals surface area (Å²) in [4.78, 5) is 20.5. The Bertz CT molecular complexity index is 912. The van der Waals surface area contributed by atoms with Crippen molar-refractivity contribution in [1.82, 2.24) is 14.8 Å². The van der Waals surface area contributed by atoms with Crippen LogP contribution in [0.2, 0.25) is 0 Å². The molecule has 1 aromatic heterocycles. The molecule has 3 heterocycles. The minimum Gasteiger partial charge on any atom is -0.461 e. The zero-order valence-corrected chi connectivity index (χ0v) is 18.3. The van der Waals surface area contributed by atoms with Crippen molar-refractivity contribution in [2.45, 2.75) is 26.7 Å². The fourth-order valence-corrected chi connectivity index (χ4v) is 3.59. The molecule has 2 aliphatic rings. The van der Waals surface area contributed by atoms with Crippen molar-refractivity contribution in [2.24, 2.45) is 0 Å². The summed E-state index contributed by atoms with van der Waals surface area (Å²) in [5.74, 6) is 0.431. The van der Waals surface area contributed by atoms with Crippen LogP contribution in [0, 0.1) is 0 Å². The number of ether oxygens (including phenoxy) is 1. The molecule has 2 aromatic rings. The van der Waals surface area contributed by atoms with Gasteiger partial charge in [0.2, 0.25) is 0 Å². The number of para-hydroxylation sites is 1. The van der Waals surface area contributed by atoms with Gasteiger partial charge in [-0.25, -0.2) is 0 Å². The summed E-state index contributed by atoms with van der Waals surface area (Å²) >= 11 is 5.99. The highest BCUT2D eigenvalue weighted by molar-refractivity contribution is 6.30. The molecule has 4 rings (SSSR count). The van der Waals surface area contributed by atoms with Crippen LogP contribution in [0.5, 0.6) is 5.75 Å². The molecule has 1 amide bonds. The fraction of sp³-hybridized carbons (Fsp3) is 0.333. The minimum atomic E-state index is -0.115. The molecule has 0 fully saturated rings. The third kappa shape index (κ3) is 5.49. The van der Waals surface area contributed by atoms with E-state index in [9.17, 15) is 4.79 Å². The van der Waals surface area contributed by atoms with Gasteiger partial charge >= 0.3 is 0 Å². The molecule has 0 unspecified atom stereocenters. The van der Waals surface area contributed by atoms with Gasteiger partial charge in [-0.15, -0.1) is 0 Å². The summed E-state index contributed by atoms with van der Waals surface area (Å²) in [5, 5.41) is 0.322. The number of carbonyl (C=O) groups is 1. The maximum atomic E-state index is 12.2. The lowest BCUT2D eigenvalue weighted by Gasteiger charge is -2.24. The average Bonchev–Trinajstić information content (AvgIpc) is 2.92. The van der Waals surface area contributed by atoms with Gasteiger partial charge in [0.15, 0.2) is 0 Å². The lowest BCUT2D eigenvalue weighted by molar-refractivity contribution is 0.0818. The van der Waals surface area contributed by atoms with Crippen molar-refractivity contribution in [3.8, 4) is 5.75 Å². The van der Waals surface area contributed by atoms with E-state index in [2.05, 4.69) is 35.0 Å². The zero-order valence-electron chi connectivity index (χ0n) is 17.6. The van der Waals surface area contributed by atoms with Gasteiger partial charge in [-0.1, -0.05) is 49.7 Å². The first kappa shape index (κ1) is 22.1. The fourth-order valence-electron chi connectivity index (χ4n) is 3.38. The highest BCUT2D eigenvalue weighted by atomic mass is 35.5. The van der Waals surface area contributed by atoms with E-state index in [1.165, 1.54) is 23.3 Å². The van der Waals surface area contributed by atoms with Crippen LogP contribution in [-0.2, 0) is 0 Å². The number of pyridine rings is 1. The van der Waals surface area contributed by atoms with E-state index in [0.717, 1.165) is 31.6 Å². The summed E-state index contributed by atoms with van der Waals surface area (Å²) in [6, 6.07) is 13.2. The van der Waals surface area contributed by atoms with Gasteiger partial charge in [0, 0.05) is 25.8 Å². The van der Waals surface area contributed by atoms with E-state index >= 15 is 0 Å². The number of nitrogens with zero attached hydrogens (tertiary/aromatic N) is 3. The Kier molecular flexibility index (Phi) is 8.05. The average molecular weight is 426 g/mol. The summed E-state index contributed by atoms with van der Waals surface area (Å²) in [6.07, 6.45) is 7.54. The molecule has 1 aromatic carbocycles. The van der Waals surface area contributed by atoms with Crippen LogP contribution in [0.25, 0.3) is 5.57 Å². The summed E-state index contributed by atoms with van der Waals surface area (Å²) in [7, 11) is 0. The zero-order chi connectivity index (χ0) is 21.3. The van der Waals surface area contributed by atoms with Crippen LogP contribution in [0.3, 0.4) is 0 Å². The normalized spacial score (nSPS) is 16.4. The third-order valence-electron chi connectivity index (χ3n) is 5.09. The number of rotatable bonds is 4. The van der Waals surface area contributed by atoms with Crippen LogP contribution < -0.4 is 4.74 Å². The monoisotopic (exact) mass is 425 g/mol. The molecule has 30 heavy (non-hydrogen) atoms. The van der Waals surface area contributed by atoms with Crippen LogP contribution in [0.15, 0.2) is 66.2 Å². The maximum absolute atomic E-state index is 12.2. The quantitative estimate of drug-likeness (QED) is 0.635. The van der Waals surface area contributed by atoms with Crippen molar-refractivity contribution in [3.63, 3.8) is 0 Å². The van der Waals surface area contributed by atoms with Crippen LogP contribution >= 0.6 is 11.6 Å². The Morgan fingerprint density at radius 2 is 1.93 bits per heavy atom. The van der Waals surface area contributed by atoms with Gasteiger partial charge < -0.3 is 4.74 Å². The number of amides is 1. The van der Waals surface area contributed by atoms with E-state index in [0.29, 0.717) is 23.0 Å². The lowest BCUT2D eigenvalue weighted by atomic mass is 10.0. The van der Waals surface area contributed by atoms with E-state index in [1.54, 1.807) is 12.1 Å². The summed E-state index contributed by atoms with van der Waals surface area (Å²) in [5.41, 5.74) is 3.08. The van der Waals surface area contributed by atoms with Crippen molar-refractivity contribution in [1.29, 1.82) is 0 Å². The Morgan fingerprint density at radius 3 is 2.60 bits per heavy atom. The Balaban J connectivity index is 0.000000172. The van der Waals surface area contributed by atoms with E-state index in [-0.39, 0.29) is 5.91 Å². The molecule has 0 saturated carbocycles. The maximum Gasteiger partial charge on any atom is 0.262 e. The number of hydrogen-bond acceptors (Lipinski definition) is 4. The van der Waals surface area contributed by atoms with Crippen molar-refractivity contribution >= 4 is 23.1 Å². The van der Waals surface area contributed by atoms with Crippen molar-refractivity contribution in [3.05, 3.63) is 77.4 Å². The predicted octanol–water partition coefficient (Wildman–Crippen LogP) is 5.16. The molecular weight excluding hydrogens is 398 g/mol. The second-order valence-electron chi connectivity index (χ2n) is 7.10. The van der Waals surface area contributed by atoms with Gasteiger partial charge in [0.25, 0.3) is 5.91 Å². The minimum absolute atomic E-state index is 0.115. The second kappa shape index (κ2) is 11.0. The Morgan fingerprint density at radius 1 is 1.13 bits per heavy atom. The molecule has 2 aliphatic heterocycles.